The molecule has 1 aromatic carbocycles. The monoisotopic (exact) mass is 233 g/mol. The average Bonchev–Trinajstić information content (AvgIpc) is 2.25. The summed E-state index contributed by atoms with van der Waals surface area (Å²) in [6, 6.07) is 7.39. The first-order chi connectivity index (χ1) is 7.84. The summed E-state index contributed by atoms with van der Waals surface area (Å²) in [7, 11) is 0. The molecule has 0 aliphatic heterocycles. The molecule has 92 valence electrons. The fourth-order valence-electron chi connectivity index (χ4n) is 1.49. The molecule has 0 aliphatic rings. The quantitative estimate of drug-likeness (QED) is 0.611. The number of nitrogens with two attached hydrogens (primary N) is 1. The van der Waals surface area contributed by atoms with E-state index in [0.717, 1.165) is 16.8 Å². The van der Waals surface area contributed by atoms with E-state index in [0.29, 0.717) is 6.54 Å². The van der Waals surface area contributed by atoms with Crippen LogP contribution in [0.4, 0.5) is 4.79 Å². The minimum atomic E-state index is -0.611. The first-order valence-corrected chi connectivity index (χ1v) is 5.50. The summed E-state index contributed by atoms with van der Waals surface area (Å²) in [5.41, 5.74) is 7.44. The van der Waals surface area contributed by atoms with Crippen LogP contribution in [0.15, 0.2) is 24.3 Å². The summed E-state index contributed by atoms with van der Waals surface area (Å²) < 4.78 is 0. The second-order valence-corrected chi connectivity index (χ2v) is 5.04. The molecule has 0 bridgehead atoms. The Kier molecular flexibility index (Phi) is 3.89. The van der Waals surface area contributed by atoms with Gasteiger partial charge in [-0.15, -0.1) is 0 Å². The van der Waals surface area contributed by atoms with Crippen molar-refractivity contribution in [2.45, 2.75) is 32.7 Å². The fraction of sp³-hybridized carbons (Fsp3) is 0.385. The molecule has 0 aromatic heterocycles. The second kappa shape index (κ2) is 4.99. The Morgan fingerprint density at radius 2 is 1.88 bits per heavy atom. The third-order valence-electron chi connectivity index (χ3n) is 2.61. The topological polar surface area (TPSA) is 70.2 Å². The summed E-state index contributed by atoms with van der Waals surface area (Å²) in [5.74, 6) is 0. The van der Waals surface area contributed by atoms with Crippen LogP contribution in [-0.4, -0.2) is 17.3 Å². The molecule has 0 atom stereocenters. The number of nitrogens with zero attached hydrogens (tertiary/aromatic N) is 1. The van der Waals surface area contributed by atoms with Gasteiger partial charge in [-0.1, -0.05) is 45.0 Å². The highest BCUT2D eigenvalue weighted by Crippen LogP contribution is 2.22. The van der Waals surface area contributed by atoms with E-state index in [1.54, 1.807) is 0 Å². The number of carbonyl (C=O) groups is 1. The van der Waals surface area contributed by atoms with Gasteiger partial charge in [0, 0.05) is 0 Å². The summed E-state index contributed by atoms with van der Waals surface area (Å²) in [5, 5.41) is 7.08. The fourth-order valence-corrected chi connectivity index (χ4v) is 1.49. The lowest BCUT2D eigenvalue weighted by molar-refractivity contribution is 0.229. The molecule has 0 unspecified atom stereocenters. The van der Waals surface area contributed by atoms with Gasteiger partial charge >= 0.3 is 6.03 Å². The highest BCUT2D eigenvalue weighted by molar-refractivity contribution is 5.83. The predicted molar refractivity (Wildman–Crippen MR) is 69.1 cm³/mol. The van der Waals surface area contributed by atoms with Crippen LogP contribution in [0, 0.1) is 5.41 Å². The zero-order valence-corrected chi connectivity index (χ0v) is 10.5. The SMILES string of the molecule is CC(C)(C)c1ccc(CN(C=N)C(N)=O)cc1. The normalized spacial score (nSPS) is 11.0. The molecule has 0 saturated heterocycles. The van der Waals surface area contributed by atoms with E-state index in [-0.39, 0.29) is 5.41 Å². The van der Waals surface area contributed by atoms with E-state index in [4.69, 9.17) is 11.1 Å². The molecule has 0 radical (unpaired) electrons. The van der Waals surface area contributed by atoms with Gasteiger partial charge in [-0.05, 0) is 16.5 Å². The molecular formula is C13H19N3O. The van der Waals surface area contributed by atoms with E-state index >= 15 is 0 Å². The number of carbonyl (C=O) groups excluding carboxylic acids is 1. The van der Waals surface area contributed by atoms with Crippen molar-refractivity contribution in [2.24, 2.45) is 5.73 Å². The van der Waals surface area contributed by atoms with E-state index in [1.807, 2.05) is 24.3 Å². The van der Waals surface area contributed by atoms with Crippen molar-refractivity contribution in [2.75, 3.05) is 0 Å². The van der Waals surface area contributed by atoms with Gasteiger partial charge in [-0.25, -0.2) is 4.79 Å². The second-order valence-electron chi connectivity index (χ2n) is 5.04. The lowest BCUT2D eigenvalue weighted by Gasteiger charge is -2.20. The lowest BCUT2D eigenvalue weighted by Crippen LogP contribution is -2.33. The van der Waals surface area contributed by atoms with Gasteiger partial charge in [-0.3, -0.25) is 10.3 Å². The van der Waals surface area contributed by atoms with E-state index in [2.05, 4.69) is 20.8 Å². The maximum absolute atomic E-state index is 11.0. The van der Waals surface area contributed by atoms with Crippen LogP contribution in [0.1, 0.15) is 31.9 Å². The highest BCUT2D eigenvalue weighted by atomic mass is 16.2. The van der Waals surface area contributed by atoms with Crippen molar-refractivity contribution < 1.29 is 4.79 Å². The van der Waals surface area contributed by atoms with Gasteiger partial charge in [0.2, 0.25) is 0 Å². The summed E-state index contributed by atoms with van der Waals surface area (Å²) >= 11 is 0. The number of urea groups is 1. The average molecular weight is 233 g/mol. The van der Waals surface area contributed by atoms with Crippen molar-refractivity contribution in [1.82, 2.24) is 4.90 Å². The lowest BCUT2D eigenvalue weighted by atomic mass is 9.87. The molecule has 0 heterocycles. The molecule has 0 saturated carbocycles. The van der Waals surface area contributed by atoms with Gasteiger partial charge < -0.3 is 5.73 Å². The highest BCUT2D eigenvalue weighted by Gasteiger charge is 2.13. The maximum Gasteiger partial charge on any atom is 0.320 e. The van der Waals surface area contributed by atoms with Crippen molar-refractivity contribution in [3.05, 3.63) is 35.4 Å². The smallest absolute Gasteiger partial charge is 0.320 e. The van der Waals surface area contributed by atoms with E-state index in [9.17, 15) is 4.79 Å². The minimum Gasteiger partial charge on any atom is -0.351 e. The maximum atomic E-state index is 11.0. The molecule has 0 fully saturated rings. The Morgan fingerprint density at radius 1 is 1.35 bits per heavy atom. The van der Waals surface area contributed by atoms with Crippen molar-refractivity contribution in [3.8, 4) is 0 Å². The molecule has 4 nitrogen and oxygen atoms in total. The molecular weight excluding hydrogens is 214 g/mol. The Balaban J connectivity index is 2.82. The van der Waals surface area contributed by atoms with Crippen LogP contribution in [-0.2, 0) is 12.0 Å². The molecule has 3 N–H and O–H groups in total. The van der Waals surface area contributed by atoms with Crippen molar-refractivity contribution >= 4 is 12.4 Å². The van der Waals surface area contributed by atoms with Crippen LogP contribution >= 0.6 is 0 Å². The van der Waals surface area contributed by atoms with Crippen molar-refractivity contribution in [3.63, 3.8) is 0 Å². The first kappa shape index (κ1) is 13.2. The molecule has 0 aliphatic carbocycles. The van der Waals surface area contributed by atoms with E-state index in [1.165, 1.54) is 5.56 Å². The standard InChI is InChI=1S/C13H19N3O/c1-13(2,3)11-6-4-10(5-7-11)8-16(9-14)12(15)17/h4-7,9,14H,8H2,1-3H3,(H2,15,17). The van der Waals surface area contributed by atoms with Gasteiger partial charge in [0.25, 0.3) is 0 Å². The molecule has 0 spiro atoms. The van der Waals surface area contributed by atoms with Gasteiger partial charge in [0.05, 0.1) is 12.9 Å². The molecule has 2 amide bonds. The van der Waals surface area contributed by atoms with Crippen LogP contribution in [0.25, 0.3) is 0 Å². The molecule has 17 heavy (non-hydrogen) atoms. The number of nitrogens with one attached hydrogen (secondary N) is 1. The van der Waals surface area contributed by atoms with Gasteiger partial charge in [0.15, 0.2) is 0 Å². The minimum absolute atomic E-state index is 0.115. The summed E-state index contributed by atoms with van der Waals surface area (Å²) in [6.45, 7) is 6.78. The third kappa shape index (κ3) is 3.59. The predicted octanol–water partition coefficient (Wildman–Crippen LogP) is 2.47. The largest absolute Gasteiger partial charge is 0.351 e. The van der Waals surface area contributed by atoms with Crippen molar-refractivity contribution in [1.29, 1.82) is 5.41 Å². The zero-order chi connectivity index (χ0) is 13.1. The first-order valence-electron chi connectivity index (χ1n) is 5.50. The number of hydrogen-bond acceptors (Lipinski definition) is 2. The summed E-state index contributed by atoms with van der Waals surface area (Å²) in [4.78, 5) is 12.1. The Bertz CT molecular complexity index is 404. The Morgan fingerprint density at radius 3 is 2.24 bits per heavy atom. The van der Waals surface area contributed by atoms with E-state index < -0.39 is 6.03 Å². The van der Waals surface area contributed by atoms with Crippen LogP contribution < -0.4 is 5.73 Å². The molecule has 1 aromatic rings. The third-order valence-corrected chi connectivity index (χ3v) is 2.61. The number of rotatable bonds is 3. The Hall–Kier alpha value is -1.84. The zero-order valence-electron chi connectivity index (χ0n) is 10.5. The Labute approximate surface area is 102 Å². The molecule has 4 heteroatoms. The van der Waals surface area contributed by atoms with Gasteiger partial charge in [-0.2, -0.15) is 0 Å². The van der Waals surface area contributed by atoms with Crippen LogP contribution in [0.3, 0.4) is 0 Å². The van der Waals surface area contributed by atoms with Crippen LogP contribution in [0.5, 0.6) is 0 Å². The number of primary amides is 1. The van der Waals surface area contributed by atoms with Crippen LogP contribution in [0.2, 0.25) is 0 Å². The van der Waals surface area contributed by atoms with Gasteiger partial charge in [0.1, 0.15) is 0 Å². The number of amides is 2. The summed E-state index contributed by atoms with van der Waals surface area (Å²) in [6.07, 6.45) is 0.944. The molecule has 1 rings (SSSR count). The number of benzene rings is 1. The number of hydrogen-bond donors (Lipinski definition) is 2.